The number of carbonyl (C=O) groups is 1. The second kappa shape index (κ2) is 7.29. The van der Waals surface area contributed by atoms with Crippen LogP contribution in [0.4, 0.5) is 9.18 Å². The first-order valence-corrected chi connectivity index (χ1v) is 7.06. The van der Waals surface area contributed by atoms with E-state index in [1.165, 1.54) is 18.4 Å². The molecule has 1 aromatic heterocycles. The Hall–Kier alpha value is -2.05. The first-order valence-electron chi connectivity index (χ1n) is 6.68. The van der Waals surface area contributed by atoms with E-state index in [-0.39, 0.29) is 17.6 Å². The number of hydrogen-bond acceptors (Lipinski definition) is 3. The van der Waals surface area contributed by atoms with Crippen LogP contribution in [0.25, 0.3) is 0 Å². The third-order valence-corrected chi connectivity index (χ3v) is 3.41. The van der Waals surface area contributed by atoms with Crippen molar-refractivity contribution in [1.29, 1.82) is 0 Å². The monoisotopic (exact) mass is 326 g/mol. The molecular formula is C15H16ClFN2O3. The van der Waals surface area contributed by atoms with Crippen LogP contribution in [0.2, 0.25) is 5.02 Å². The molecular weight excluding hydrogens is 311 g/mol. The minimum absolute atomic E-state index is 0.0195. The zero-order chi connectivity index (χ0) is 16.1. The van der Waals surface area contributed by atoms with Crippen LogP contribution < -0.4 is 10.6 Å². The summed E-state index contributed by atoms with van der Waals surface area (Å²) in [5, 5.41) is 15.1. The van der Waals surface area contributed by atoms with Crippen LogP contribution in [0.1, 0.15) is 30.4 Å². The predicted molar refractivity (Wildman–Crippen MR) is 80.0 cm³/mol. The molecule has 1 aromatic carbocycles. The fourth-order valence-electron chi connectivity index (χ4n) is 1.88. The Morgan fingerprint density at radius 1 is 1.45 bits per heavy atom. The summed E-state index contributed by atoms with van der Waals surface area (Å²) in [4.78, 5) is 11.7. The van der Waals surface area contributed by atoms with Crippen LogP contribution in [-0.4, -0.2) is 17.7 Å². The van der Waals surface area contributed by atoms with E-state index in [2.05, 4.69) is 10.6 Å². The normalized spacial score (nSPS) is 13.5. The van der Waals surface area contributed by atoms with Gasteiger partial charge in [-0.25, -0.2) is 9.18 Å². The number of carbonyl (C=O) groups excluding carboxylic acids is 1. The van der Waals surface area contributed by atoms with Crippen LogP contribution in [0.5, 0.6) is 0 Å². The van der Waals surface area contributed by atoms with Crippen LogP contribution in [-0.2, 0) is 0 Å². The number of amides is 2. The molecule has 0 aliphatic carbocycles. The average molecular weight is 327 g/mol. The molecule has 2 amide bonds. The summed E-state index contributed by atoms with van der Waals surface area (Å²) in [5.74, 6) is 0.00424. The summed E-state index contributed by atoms with van der Waals surface area (Å²) in [5.41, 5.74) is 0.335. The lowest BCUT2D eigenvalue weighted by Gasteiger charge is -2.15. The summed E-state index contributed by atoms with van der Waals surface area (Å²) in [6, 6.07) is 6.70. The summed E-state index contributed by atoms with van der Waals surface area (Å²) < 4.78 is 18.5. The van der Waals surface area contributed by atoms with Crippen molar-refractivity contribution < 1.29 is 18.7 Å². The smallest absolute Gasteiger partial charge is 0.315 e. The molecule has 7 heteroatoms. The number of nitrogens with one attached hydrogen (secondary N) is 2. The second-order valence-corrected chi connectivity index (χ2v) is 5.19. The molecule has 1 heterocycles. The van der Waals surface area contributed by atoms with Gasteiger partial charge >= 0.3 is 6.03 Å². The second-order valence-electron chi connectivity index (χ2n) is 4.78. The van der Waals surface area contributed by atoms with Crippen molar-refractivity contribution in [3.63, 3.8) is 0 Å². The van der Waals surface area contributed by atoms with Gasteiger partial charge in [-0.15, -0.1) is 0 Å². The highest BCUT2D eigenvalue weighted by Gasteiger charge is 2.14. The summed E-state index contributed by atoms with van der Waals surface area (Å²) in [6.45, 7) is 1.71. The van der Waals surface area contributed by atoms with Gasteiger partial charge in [0.2, 0.25) is 0 Å². The highest BCUT2D eigenvalue weighted by Crippen LogP contribution is 2.20. The zero-order valence-electron chi connectivity index (χ0n) is 11.8. The maximum atomic E-state index is 13.3. The molecule has 0 bridgehead atoms. The van der Waals surface area contributed by atoms with Crippen LogP contribution in [0, 0.1) is 5.82 Å². The number of halogens is 2. The van der Waals surface area contributed by atoms with E-state index in [4.69, 9.17) is 16.0 Å². The van der Waals surface area contributed by atoms with Crippen molar-refractivity contribution in [2.75, 3.05) is 6.54 Å². The van der Waals surface area contributed by atoms with Crippen molar-refractivity contribution in [1.82, 2.24) is 10.6 Å². The molecule has 0 spiro atoms. The lowest BCUT2D eigenvalue weighted by atomic mass is 10.1. The van der Waals surface area contributed by atoms with Gasteiger partial charge in [-0.1, -0.05) is 17.7 Å². The van der Waals surface area contributed by atoms with Gasteiger partial charge in [0.1, 0.15) is 11.6 Å². The minimum Gasteiger partial charge on any atom is -0.467 e. The summed E-state index contributed by atoms with van der Waals surface area (Å²) >= 11 is 5.57. The molecule has 22 heavy (non-hydrogen) atoms. The molecule has 0 saturated carbocycles. The Morgan fingerprint density at radius 3 is 2.86 bits per heavy atom. The van der Waals surface area contributed by atoms with Gasteiger partial charge in [-0.2, -0.15) is 0 Å². The van der Waals surface area contributed by atoms with Crippen LogP contribution in [0.3, 0.4) is 0 Å². The third kappa shape index (κ3) is 4.22. The van der Waals surface area contributed by atoms with E-state index in [0.29, 0.717) is 11.3 Å². The number of aliphatic hydroxyl groups is 1. The van der Waals surface area contributed by atoms with Crippen LogP contribution >= 0.6 is 11.6 Å². The lowest BCUT2D eigenvalue weighted by molar-refractivity contribution is 0.172. The average Bonchev–Trinajstić information content (AvgIpc) is 3.02. The fourth-order valence-corrected chi connectivity index (χ4v) is 2.00. The number of aliphatic hydroxyl groups excluding tert-OH is 1. The number of urea groups is 1. The van der Waals surface area contributed by atoms with E-state index in [1.54, 1.807) is 19.1 Å². The van der Waals surface area contributed by atoms with Crippen LogP contribution in [0.15, 0.2) is 41.0 Å². The molecule has 0 radical (unpaired) electrons. The van der Waals surface area contributed by atoms with Gasteiger partial charge in [0.05, 0.1) is 23.4 Å². The van der Waals surface area contributed by atoms with E-state index >= 15 is 0 Å². The van der Waals surface area contributed by atoms with Gasteiger partial charge in [0, 0.05) is 6.54 Å². The number of hydrogen-bond donors (Lipinski definition) is 3. The van der Waals surface area contributed by atoms with E-state index in [0.717, 1.165) is 6.07 Å². The van der Waals surface area contributed by atoms with Gasteiger partial charge in [-0.05, 0) is 36.8 Å². The maximum absolute atomic E-state index is 13.3. The van der Waals surface area contributed by atoms with E-state index in [1.807, 2.05) is 0 Å². The van der Waals surface area contributed by atoms with Gasteiger partial charge < -0.3 is 20.2 Å². The Labute approximate surface area is 132 Å². The SMILES string of the molecule is C[C@H](NC(=O)NC[C@H](O)c1ccc(Cl)c(F)c1)c1ccco1. The maximum Gasteiger partial charge on any atom is 0.315 e. The Kier molecular flexibility index (Phi) is 5.41. The first-order chi connectivity index (χ1) is 10.5. The minimum atomic E-state index is -1.03. The quantitative estimate of drug-likeness (QED) is 0.790. The Bertz CT molecular complexity index is 634. The largest absolute Gasteiger partial charge is 0.467 e. The topological polar surface area (TPSA) is 74.5 Å². The lowest BCUT2D eigenvalue weighted by Crippen LogP contribution is -2.39. The fraction of sp³-hybridized carbons (Fsp3) is 0.267. The standard InChI is InChI=1S/C15H16ClFN2O3/c1-9(14-3-2-6-22-14)19-15(21)18-8-13(20)10-4-5-11(16)12(17)7-10/h2-7,9,13,20H,8H2,1H3,(H2,18,19,21)/t9-,13-/m0/s1. The highest BCUT2D eigenvalue weighted by atomic mass is 35.5. The van der Waals surface area contributed by atoms with Gasteiger partial charge in [0.25, 0.3) is 0 Å². The molecule has 0 aliphatic rings. The number of rotatable bonds is 5. The third-order valence-electron chi connectivity index (χ3n) is 3.10. The summed E-state index contributed by atoms with van der Waals surface area (Å²) in [7, 11) is 0. The van der Waals surface area contributed by atoms with Crippen molar-refractivity contribution in [2.24, 2.45) is 0 Å². The zero-order valence-corrected chi connectivity index (χ0v) is 12.6. The van der Waals surface area contributed by atoms with Gasteiger partial charge in [0.15, 0.2) is 0 Å². The molecule has 2 aromatic rings. The van der Waals surface area contributed by atoms with Crippen molar-refractivity contribution in [2.45, 2.75) is 19.1 Å². The molecule has 2 atom stereocenters. The number of furan rings is 1. The molecule has 118 valence electrons. The van der Waals surface area contributed by atoms with E-state index < -0.39 is 18.0 Å². The van der Waals surface area contributed by atoms with Crippen molar-refractivity contribution in [3.05, 3.63) is 58.8 Å². The molecule has 0 aliphatic heterocycles. The molecule has 3 N–H and O–H groups in total. The Morgan fingerprint density at radius 2 is 2.23 bits per heavy atom. The van der Waals surface area contributed by atoms with E-state index in [9.17, 15) is 14.3 Å². The van der Waals surface area contributed by atoms with Crippen molar-refractivity contribution in [3.8, 4) is 0 Å². The molecule has 0 saturated heterocycles. The summed E-state index contributed by atoms with van der Waals surface area (Å²) in [6.07, 6.45) is 0.487. The number of benzene rings is 1. The molecule has 5 nitrogen and oxygen atoms in total. The molecule has 2 rings (SSSR count). The van der Waals surface area contributed by atoms with Crippen molar-refractivity contribution >= 4 is 17.6 Å². The first kappa shape index (κ1) is 16.3. The van der Waals surface area contributed by atoms with Gasteiger partial charge in [-0.3, -0.25) is 0 Å². The highest BCUT2D eigenvalue weighted by molar-refractivity contribution is 6.30. The Balaban J connectivity index is 1.83. The molecule has 0 unspecified atom stereocenters. The molecule has 0 fully saturated rings. The predicted octanol–water partition coefficient (Wildman–Crippen LogP) is 3.17.